The lowest BCUT2D eigenvalue weighted by atomic mass is 10.1. The molecule has 0 bridgehead atoms. The summed E-state index contributed by atoms with van der Waals surface area (Å²) in [5, 5.41) is 10.5. The summed E-state index contributed by atoms with van der Waals surface area (Å²) in [7, 11) is 1.26. The highest BCUT2D eigenvalue weighted by molar-refractivity contribution is 7.92. The van der Waals surface area contributed by atoms with Crippen LogP contribution in [0.15, 0.2) is 53.4 Å². The smallest absolute Gasteiger partial charge is 0.503 e. The second kappa shape index (κ2) is 11.4. The van der Waals surface area contributed by atoms with Gasteiger partial charge in [-0.2, -0.15) is 0 Å². The Morgan fingerprint density at radius 3 is 1.89 bits per heavy atom. The molecule has 0 saturated heterocycles. The minimum Gasteiger partial charge on any atom is -0.503 e. The summed E-state index contributed by atoms with van der Waals surface area (Å²) < 4.78 is 90.6. The highest BCUT2D eigenvalue weighted by Gasteiger charge is 2.31. The van der Waals surface area contributed by atoms with Crippen molar-refractivity contribution >= 4 is 27.9 Å². The first kappa shape index (κ1) is 28.3. The van der Waals surface area contributed by atoms with Crippen molar-refractivity contribution in [3.63, 3.8) is 0 Å². The molecule has 3 aromatic carbocycles. The van der Waals surface area contributed by atoms with Crippen LogP contribution in [0.4, 0.5) is 18.9 Å². The molecule has 9 nitrogen and oxygen atoms in total. The first-order valence-corrected chi connectivity index (χ1v) is 12.2. The third kappa shape index (κ3) is 6.73. The van der Waals surface area contributed by atoms with Gasteiger partial charge in [0.05, 0.1) is 39.0 Å². The van der Waals surface area contributed by atoms with E-state index < -0.39 is 32.8 Å². The lowest BCUT2D eigenvalue weighted by Crippen LogP contribution is -2.18. The molecule has 0 heterocycles. The van der Waals surface area contributed by atoms with Crippen molar-refractivity contribution < 1.29 is 50.4 Å². The van der Waals surface area contributed by atoms with Gasteiger partial charge in [0.1, 0.15) is 5.75 Å². The summed E-state index contributed by atoms with van der Waals surface area (Å²) in [6.45, 7) is 0. The predicted molar refractivity (Wildman–Crippen MR) is 134 cm³/mol. The molecule has 0 spiro atoms. The molecule has 204 valence electrons. The molecule has 3 rings (SSSR count). The monoisotopic (exact) mass is 555 g/mol. The van der Waals surface area contributed by atoms with Gasteiger partial charge in [-0.15, -0.1) is 13.2 Å². The van der Waals surface area contributed by atoms with Crippen LogP contribution in [0, 0.1) is 0 Å². The molecule has 0 amide bonds. The predicted octanol–water partition coefficient (Wildman–Crippen LogP) is 5.30. The summed E-state index contributed by atoms with van der Waals surface area (Å²) >= 11 is 0. The van der Waals surface area contributed by atoms with Crippen LogP contribution < -0.4 is 28.4 Å². The third-order valence-corrected chi connectivity index (χ3v) is 6.43. The molecule has 0 radical (unpaired) electrons. The third-order valence-electron chi connectivity index (χ3n) is 5.07. The number of ether oxygens (including phenoxy) is 5. The highest BCUT2D eigenvalue weighted by Crippen LogP contribution is 2.40. The van der Waals surface area contributed by atoms with E-state index in [4.69, 9.17) is 18.9 Å². The van der Waals surface area contributed by atoms with E-state index in [0.717, 1.165) is 18.2 Å². The standard InChI is InChI=1S/C25H24F3NO8S/c1-33-20-11-15(8-9-16-12-21(34-2)24(36-4)22(13-16)35-3)10-19(23(20)30)29-38(31,32)18-7-5-6-17(14-18)37-25(26,27)28/h5-14,29-30H,1-4H3/b9-8-. The Balaban J connectivity index is 1.97. The molecular weight excluding hydrogens is 531 g/mol. The van der Waals surface area contributed by atoms with Gasteiger partial charge < -0.3 is 28.8 Å². The summed E-state index contributed by atoms with van der Waals surface area (Å²) in [6, 6.07) is 9.99. The summed E-state index contributed by atoms with van der Waals surface area (Å²) in [5.41, 5.74) is 0.798. The number of nitrogens with one attached hydrogen (secondary N) is 1. The Morgan fingerprint density at radius 1 is 0.816 bits per heavy atom. The Labute approximate surface area is 217 Å². The van der Waals surface area contributed by atoms with Gasteiger partial charge in [0.15, 0.2) is 23.0 Å². The molecule has 0 aliphatic carbocycles. The molecule has 38 heavy (non-hydrogen) atoms. The first-order valence-electron chi connectivity index (χ1n) is 10.7. The largest absolute Gasteiger partial charge is 0.573 e. The average molecular weight is 556 g/mol. The van der Waals surface area contributed by atoms with Crippen molar-refractivity contribution in [1.29, 1.82) is 0 Å². The molecule has 0 aliphatic rings. The summed E-state index contributed by atoms with van der Waals surface area (Å²) in [6.07, 6.45) is -1.72. The number of anilines is 1. The van der Waals surface area contributed by atoms with Gasteiger partial charge >= 0.3 is 6.36 Å². The fourth-order valence-corrected chi connectivity index (χ4v) is 4.48. The van der Waals surface area contributed by atoms with Crippen LogP contribution in [0.5, 0.6) is 34.5 Å². The van der Waals surface area contributed by atoms with E-state index in [-0.39, 0.29) is 11.4 Å². The van der Waals surface area contributed by atoms with Gasteiger partial charge in [0.25, 0.3) is 10.0 Å². The van der Waals surface area contributed by atoms with Crippen LogP contribution in [0.3, 0.4) is 0 Å². The van der Waals surface area contributed by atoms with Crippen LogP contribution in [0.1, 0.15) is 11.1 Å². The molecule has 0 saturated carbocycles. The van der Waals surface area contributed by atoms with Crippen molar-refractivity contribution in [3.05, 3.63) is 59.7 Å². The van der Waals surface area contributed by atoms with Crippen molar-refractivity contribution in [3.8, 4) is 34.5 Å². The second-order valence-electron chi connectivity index (χ2n) is 7.54. The van der Waals surface area contributed by atoms with Gasteiger partial charge in [0, 0.05) is 6.07 Å². The number of phenols is 1. The van der Waals surface area contributed by atoms with Gasteiger partial charge in [-0.05, 0) is 47.5 Å². The van der Waals surface area contributed by atoms with E-state index in [1.165, 1.54) is 40.6 Å². The molecular formula is C25H24F3NO8S. The molecule has 0 atom stereocenters. The number of hydrogen-bond acceptors (Lipinski definition) is 8. The van der Waals surface area contributed by atoms with E-state index in [9.17, 15) is 26.7 Å². The molecule has 0 aliphatic heterocycles. The molecule has 0 aromatic heterocycles. The van der Waals surface area contributed by atoms with Crippen LogP contribution in [-0.2, 0) is 10.0 Å². The lowest BCUT2D eigenvalue weighted by molar-refractivity contribution is -0.274. The van der Waals surface area contributed by atoms with Crippen LogP contribution in [0.25, 0.3) is 12.2 Å². The topological polar surface area (TPSA) is 113 Å². The maximum absolute atomic E-state index is 12.9. The molecule has 0 fully saturated rings. The Kier molecular flexibility index (Phi) is 8.51. The van der Waals surface area contributed by atoms with E-state index in [1.807, 2.05) is 0 Å². The second-order valence-corrected chi connectivity index (χ2v) is 9.22. The van der Waals surface area contributed by atoms with Gasteiger partial charge in [-0.25, -0.2) is 8.42 Å². The fraction of sp³-hybridized carbons (Fsp3) is 0.200. The van der Waals surface area contributed by atoms with E-state index in [0.29, 0.717) is 34.4 Å². The van der Waals surface area contributed by atoms with Gasteiger partial charge in [-0.3, -0.25) is 4.72 Å². The minimum atomic E-state index is -5.00. The number of phenolic OH excluding ortho intramolecular Hbond substituents is 1. The van der Waals surface area contributed by atoms with E-state index in [1.54, 1.807) is 24.3 Å². The maximum Gasteiger partial charge on any atom is 0.573 e. The molecule has 3 aromatic rings. The van der Waals surface area contributed by atoms with E-state index >= 15 is 0 Å². The normalized spacial score (nSPS) is 11.8. The number of methoxy groups -OCH3 is 4. The zero-order valence-electron chi connectivity index (χ0n) is 20.6. The quantitative estimate of drug-likeness (QED) is 0.256. The zero-order valence-corrected chi connectivity index (χ0v) is 21.4. The van der Waals surface area contributed by atoms with Crippen LogP contribution in [-0.4, -0.2) is 48.3 Å². The highest BCUT2D eigenvalue weighted by atomic mass is 32.2. The minimum absolute atomic E-state index is 0.0519. The number of rotatable bonds is 10. The number of halogens is 3. The van der Waals surface area contributed by atoms with Gasteiger partial charge in [-0.1, -0.05) is 18.2 Å². The molecule has 2 N–H and O–H groups in total. The number of aromatic hydroxyl groups is 1. The fourth-order valence-electron chi connectivity index (χ4n) is 3.39. The Bertz CT molecular complexity index is 1410. The van der Waals surface area contributed by atoms with Crippen LogP contribution >= 0.6 is 0 Å². The number of alkyl halides is 3. The number of sulfonamides is 1. The van der Waals surface area contributed by atoms with Gasteiger partial charge in [0.2, 0.25) is 5.75 Å². The zero-order chi connectivity index (χ0) is 28.1. The SMILES string of the molecule is COc1cc(/C=C\c2cc(OC)c(OC)c(OC)c2)cc(NS(=O)(=O)c2cccc(OC(F)(F)F)c2)c1O. The molecule has 0 unspecified atom stereocenters. The Morgan fingerprint density at radius 2 is 1.37 bits per heavy atom. The van der Waals surface area contributed by atoms with E-state index in [2.05, 4.69) is 9.46 Å². The van der Waals surface area contributed by atoms with Crippen LogP contribution in [0.2, 0.25) is 0 Å². The number of benzene rings is 3. The average Bonchev–Trinajstić information content (AvgIpc) is 2.87. The first-order chi connectivity index (χ1) is 17.9. The van der Waals surface area contributed by atoms with Crippen molar-refractivity contribution in [1.82, 2.24) is 0 Å². The van der Waals surface area contributed by atoms with Crippen molar-refractivity contribution in [2.45, 2.75) is 11.3 Å². The van der Waals surface area contributed by atoms with Crippen molar-refractivity contribution in [2.75, 3.05) is 33.2 Å². The van der Waals surface area contributed by atoms with Crippen molar-refractivity contribution in [2.24, 2.45) is 0 Å². The summed E-state index contributed by atoms with van der Waals surface area (Å²) in [5.74, 6) is -0.0587. The molecule has 13 heteroatoms. The maximum atomic E-state index is 12.9. The Hall–Kier alpha value is -4.26. The summed E-state index contributed by atoms with van der Waals surface area (Å²) in [4.78, 5) is -0.518. The number of hydrogen-bond donors (Lipinski definition) is 2. The lowest BCUT2D eigenvalue weighted by Gasteiger charge is -2.14.